The highest BCUT2D eigenvalue weighted by molar-refractivity contribution is 5.85. The van der Waals surface area contributed by atoms with E-state index >= 15 is 0 Å². The SMILES string of the molecule is C[C@@H]1C[C@H](C)CN(c2nnc3cnc4ccc(-c5ccc(N6CCC(N(C)C)CC6)c(C(F)(F)F)c5)cc4n23)C1. The van der Waals surface area contributed by atoms with Gasteiger partial charge in [-0.25, -0.2) is 0 Å². The molecule has 40 heavy (non-hydrogen) atoms. The van der Waals surface area contributed by atoms with Gasteiger partial charge in [-0.05, 0) is 80.6 Å². The number of hydrogen-bond donors (Lipinski definition) is 0. The van der Waals surface area contributed by atoms with E-state index in [1.807, 2.05) is 41.6 Å². The number of anilines is 2. The third kappa shape index (κ3) is 4.98. The zero-order chi connectivity index (χ0) is 28.2. The Balaban J connectivity index is 1.40. The Morgan fingerprint density at radius 3 is 2.23 bits per heavy atom. The topological polar surface area (TPSA) is 52.8 Å². The van der Waals surface area contributed by atoms with Crippen LogP contribution in [0.4, 0.5) is 24.8 Å². The van der Waals surface area contributed by atoms with Gasteiger partial charge in [0.25, 0.3) is 0 Å². The third-order valence-corrected chi connectivity index (χ3v) is 8.53. The molecule has 0 N–H and O–H groups in total. The van der Waals surface area contributed by atoms with Gasteiger partial charge in [-0.3, -0.25) is 9.38 Å². The summed E-state index contributed by atoms with van der Waals surface area (Å²) in [6.07, 6.45) is 0.0971. The molecule has 4 aromatic rings. The Kier molecular flexibility index (Phi) is 6.84. The van der Waals surface area contributed by atoms with Crippen LogP contribution < -0.4 is 9.80 Å². The molecule has 0 saturated carbocycles. The van der Waals surface area contributed by atoms with Gasteiger partial charge in [0.1, 0.15) is 0 Å². The van der Waals surface area contributed by atoms with Crippen LogP contribution in [0.2, 0.25) is 0 Å². The monoisotopic (exact) mass is 551 g/mol. The van der Waals surface area contributed by atoms with Gasteiger partial charge < -0.3 is 14.7 Å². The maximum absolute atomic E-state index is 14.4. The largest absolute Gasteiger partial charge is 0.418 e. The Hall–Kier alpha value is -3.40. The molecule has 2 aliphatic rings. The van der Waals surface area contributed by atoms with E-state index in [1.54, 1.807) is 18.3 Å². The fraction of sp³-hybridized carbons (Fsp3) is 0.500. The molecule has 2 fully saturated rings. The van der Waals surface area contributed by atoms with Crippen LogP contribution in [0.1, 0.15) is 38.7 Å². The van der Waals surface area contributed by atoms with Crippen molar-refractivity contribution in [3.63, 3.8) is 0 Å². The summed E-state index contributed by atoms with van der Waals surface area (Å²) >= 11 is 0. The average molecular weight is 552 g/mol. The van der Waals surface area contributed by atoms with E-state index in [1.165, 1.54) is 12.5 Å². The molecule has 0 spiro atoms. The van der Waals surface area contributed by atoms with Gasteiger partial charge in [-0.1, -0.05) is 26.0 Å². The molecule has 2 aliphatic heterocycles. The zero-order valence-electron chi connectivity index (χ0n) is 23.5. The lowest BCUT2D eigenvalue weighted by atomic mass is 9.92. The van der Waals surface area contributed by atoms with Crippen LogP contribution in [0.25, 0.3) is 27.8 Å². The molecule has 212 valence electrons. The van der Waals surface area contributed by atoms with Crippen molar-refractivity contribution < 1.29 is 13.2 Å². The number of piperidine rings is 2. The van der Waals surface area contributed by atoms with Crippen LogP contribution in [0.15, 0.2) is 42.6 Å². The quantitative estimate of drug-likeness (QED) is 0.311. The molecule has 0 aliphatic carbocycles. The first-order valence-corrected chi connectivity index (χ1v) is 14.1. The number of halogens is 3. The Morgan fingerprint density at radius 1 is 0.875 bits per heavy atom. The minimum absolute atomic E-state index is 0.257. The van der Waals surface area contributed by atoms with Gasteiger partial charge in [0.15, 0.2) is 5.65 Å². The molecule has 2 saturated heterocycles. The van der Waals surface area contributed by atoms with Crippen molar-refractivity contribution in [3.05, 3.63) is 48.2 Å². The number of fused-ring (bicyclic) bond motifs is 3. The summed E-state index contributed by atoms with van der Waals surface area (Å²) in [7, 11) is 4.05. The van der Waals surface area contributed by atoms with Crippen molar-refractivity contribution in [3.8, 4) is 11.1 Å². The summed E-state index contributed by atoms with van der Waals surface area (Å²) in [6, 6.07) is 10.7. The first-order valence-electron chi connectivity index (χ1n) is 14.1. The molecule has 4 heterocycles. The van der Waals surface area contributed by atoms with Gasteiger partial charge in [-0.2, -0.15) is 13.2 Å². The number of alkyl halides is 3. The number of benzene rings is 2. The Morgan fingerprint density at radius 2 is 1.55 bits per heavy atom. The van der Waals surface area contributed by atoms with Crippen LogP contribution in [0.3, 0.4) is 0 Å². The first kappa shape index (κ1) is 26.8. The fourth-order valence-corrected chi connectivity index (χ4v) is 6.59. The predicted octanol–water partition coefficient (Wildman–Crippen LogP) is 5.98. The van der Waals surface area contributed by atoms with Crippen molar-refractivity contribution in [1.82, 2.24) is 24.5 Å². The lowest BCUT2D eigenvalue weighted by Crippen LogP contribution is -2.42. The standard InChI is InChI=1S/C30H36F3N7/c1-19-13-20(2)18-39(17-19)29-36-35-28-16-34-25-7-5-22(15-27(25)40(28)29)21-6-8-26(24(14-21)30(31,32)33)38-11-9-23(10-12-38)37(3)4/h5-8,14-16,19-20,23H,9-13,17-18H2,1-4H3/t19-,20+. The molecule has 0 amide bonds. The second-order valence-corrected chi connectivity index (χ2v) is 11.9. The van der Waals surface area contributed by atoms with Crippen molar-refractivity contribution in [2.24, 2.45) is 11.8 Å². The van der Waals surface area contributed by atoms with Crippen molar-refractivity contribution in [2.45, 2.75) is 45.3 Å². The number of hydrogen-bond acceptors (Lipinski definition) is 6. The molecule has 0 radical (unpaired) electrons. The molecule has 2 atom stereocenters. The van der Waals surface area contributed by atoms with Gasteiger partial charge in [0.05, 0.1) is 22.8 Å². The van der Waals surface area contributed by atoms with Gasteiger partial charge >= 0.3 is 6.18 Å². The molecule has 0 bridgehead atoms. The molecular formula is C30H36F3N7. The highest BCUT2D eigenvalue weighted by Gasteiger charge is 2.36. The maximum atomic E-state index is 14.4. The number of nitrogens with zero attached hydrogens (tertiary/aromatic N) is 7. The molecule has 6 rings (SSSR count). The highest BCUT2D eigenvalue weighted by atomic mass is 19.4. The van der Waals surface area contributed by atoms with Crippen LogP contribution in [0.5, 0.6) is 0 Å². The third-order valence-electron chi connectivity index (χ3n) is 8.53. The minimum Gasteiger partial charge on any atom is -0.371 e. The lowest BCUT2D eigenvalue weighted by Gasteiger charge is -2.37. The molecule has 2 aromatic carbocycles. The van der Waals surface area contributed by atoms with E-state index in [4.69, 9.17) is 0 Å². The molecular weight excluding hydrogens is 515 g/mol. The maximum Gasteiger partial charge on any atom is 0.418 e. The smallest absolute Gasteiger partial charge is 0.371 e. The van der Waals surface area contributed by atoms with Crippen molar-refractivity contribution in [2.75, 3.05) is 50.1 Å². The van der Waals surface area contributed by atoms with Gasteiger partial charge in [0, 0.05) is 37.9 Å². The predicted molar refractivity (Wildman–Crippen MR) is 153 cm³/mol. The van der Waals surface area contributed by atoms with E-state index in [2.05, 4.69) is 38.8 Å². The molecule has 7 nitrogen and oxygen atoms in total. The second kappa shape index (κ2) is 10.2. The van der Waals surface area contributed by atoms with E-state index in [0.717, 1.165) is 42.9 Å². The number of rotatable bonds is 4. The van der Waals surface area contributed by atoms with E-state index in [9.17, 15) is 13.2 Å². The summed E-state index contributed by atoms with van der Waals surface area (Å²) in [6.45, 7) is 7.48. The molecule has 0 unspecified atom stereocenters. The van der Waals surface area contributed by atoms with E-state index < -0.39 is 11.7 Å². The minimum atomic E-state index is -4.46. The van der Waals surface area contributed by atoms with E-state index in [0.29, 0.717) is 47.7 Å². The Labute approximate surface area is 232 Å². The second-order valence-electron chi connectivity index (χ2n) is 11.9. The summed E-state index contributed by atoms with van der Waals surface area (Å²) < 4.78 is 45.1. The fourth-order valence-electron chi connectivity index (χ4n) is 6.59. The Bertz CT molecular complexity index is 1510. The first-order chi connectivity index (χ1) is 19.1. The highest BCUT2D eigenvalue weighted by Crippen LogP contribution is 2.40. The summed E-state index contributed by atoms with van der Waals surface area (Å²) in [5.74, 6) is 1.82. The van der Waals surface area contributed by atoms with Crippen LogP contribution in [-0.4, -0.2) is 70.8 Å². The average Bonchev–Trinajstić information content (AvgIpc) is 3.36. The lowest BCUT2D eigenvalue weighted by molar-refractivity contribution is -0.137. The summed E-state index contributed by atoms with van der Waals surface area (Å²) in [4.78, 5) is 10.9. The normalized spacial score (nSPS) is 21.2. The van der Waals surface area contributed by atoms with E-state index in [-0.39, 0.29) is 5.69 Å². The van der Waals surface area contributed by atoms with Crippen LogP contribution in [0, 0.1) is 11.8 Å². The van der Waals surface area contributed by atoms with Crippen molar-refractivity contribution in [1.29, 1.82) is 0 Å². The zero-order valence-corrected chi connectivity index (χ0v) is 23.5. The van der Waals surface area contributed by atoms with Gasteiger partial charge in [-0.15, -0.1) is 10.2 Å². The van der Waals surface area contributed by atoms with Gasteiger partial charge in [0.2, 0.25) is 5.95 Å². The van der Waals surface area contributed by atoms with Crippen LogP contribution >= 0.6 is 0 Å². The summed E-state index contributed by atoms with van der Waals surface area (Å²) in [5, 5.41) is 8.88. The summed E-state index contributed by atoms with van der Waals surface area (Å²) in [5.41, 5.74) is 3.03. The van der Waals surface area contributed by atoms with Crippen molar-refractivity contribution >= 4 is 28.3 Å². The molecule has 2 aromatic heterocycles. The molecule has 10 heteroatoms. The number of aromatic nitrogens is 4. The van der Waals surface area contributed by atoms with Crippen LogP contribution in [-0.2, 0) is 6.18 Å².